The molecule has 3 rings (SSSR count). The molecule has 0 saturated carbocycles. The van der Waals surface area contributed by atoms with Gasteiger partial charge in [0.25, 0.3) is 5.91 Å². The molecule has 0 radical (unpaired) electrons. The maximum Gasteiger partial charge on any atom is 0.410 e. The highest BCUT2D eigenvalue weighted by molar-refractivity contribution is 6.02. The second-order valence-corrected chi connectivity index (χ2v) is 6.61. The number of carbonyl (C=O) groups excluding carboxylic acids is 2. The molecular formula is C18H21N7O3. The number of piperazine rings is 1. The summed E-state index contributed by atoms with van der Waals surface area (Å²) in [5, 5.41) is 9.03. The Morgan fingerprint density at radius 3 is 2.68 bits per heavy atom. The number of nitrogens with one attached hydrogen (secondary N) is 1. The van der Waals surface area contributed by atoms with Crippen LogP contribution in [0, 0.1) is 11.3 Å². The van der Waals surface area contributed by atoms with Gasteiger partial charge in [0.1, 0.15) is 23.0 Å². The van der Waals surface area contributed by atoms with Crippen molar-refractivity contribution in [2.75, 3.05) is 31.1 Å². The second-order valence-electron chi connectivity index (χ2n) is 6.61. The van der Waals surface area contributed by atoms with Crippen LogP contribution in [0.2, 0.25) is 0 Å². The van der Waals surface area contributed by atoms with Crippen molar-refractivity contribution >= 4 is 35.1 Å². The van der Waals surface area contributed by atoms with E-state index in [-0.39, 0.29) is 17.8 Å². The Kier molecular flexibility index (Phi) is 5.44. The number of nitrogens with two attached hydrogens (primary N) is 1. The number of hydrogen-bond acceptors (Lipinski definition) is 7. The third-order valence-electron chi connectivity index (χ3n) is 4.28. The molecule has 3 N–H and O–H groups in total. The number of H-pyrrole nitrogens is 1. The molecule has 1 aliphatic heterocycles. The van der Waals surface area contributed by atoms with Crippen LogP contribution in [0.15, 0.2) is 18.0 Å². The summed E-state index contributed by atoms with van der Waals surface area (Å²) in [6, 6.07) is 1.78. The smallest absolute Gasteiger partial charge is 0.410 e. The van der Waals surface area contributed by atoms with E-state index < -0.39 is 5.91 Å². The first-order valence-corrected chi connectivity index (χ1v) is 8.85. The van der Waals surface area contributed by atoms with Gasteiger partial charge in [-0.1, -0.05) is 0 Å². The van der Waals surface area contributed by atoms with Gasteiger partial charge in [-0.3, -0.25) is 4.79 Å². The number of primary amides is 1. The number of aromatic amines is 1. The molecule has 2 aromatic rings. The van der Waals surface area contributed by atoms with Crippen LogP contribution >= 0.6 is 0 Å². The lowest BCUT2D eigenvalue weighted by atomic mass is 10.2. The Morgan fingerprint density at radius 1 is 1.36 bits per heavy atom. The zero-order valence-corrected chi connectivity index (χ0v) is 15.7. The summed E-state index contributed by atoms with van der Waals surface area (Å²) >= 11 is 0. The highest BCUT2D eigenvalue weighted by atomic mass is 16.6. The van der Waals surface area contributed by atoms with E-state index in [4.69, 9.17) is 15.7 Å². The normalized spacial score (nSPS) is 15.0. The average Bonchev–Trinajstić information content (AvgIpc) is 3.07. The predicted molar refractivity (Wildman–Crippen MR) is 102 cm³/mol. The maximum absolute atomic E-state index is 12.0. The Bertz CT molecular complexity index is 965. The van der Waals surface area contributed by atoms with Crippen molar-refractivity contribution in [3.8, 4) is 6.07 Å². The molecule has 10 heteroatoms. The Labute approximate surface area is 161 Å². The fourth-order valence-electron chi connectivity index (χ4n) is 2.87. The van der Waals surface area contributed by atoms with E-state index in [2.05, 4.69) is 15.0 Å². The van der Waals surface area contributed by atoms with Crippen LogP contribution in [0.1, 0.15) is 19.4 Å². The van der Waals surface area contributed by atoms with E-state index in [1.165, 1.54) is 6.08 Å². The maximum atomic E-state index is 12.0. The van der Waals surface area contributed by atoms with Gasteiger partial charge in [0.2, 0.25) is 0 Å². The minimum atomic E-state index is -0.801. The van der Waals surface area contributed by atoms with Crippen LogP contribution < -0.4 is 10.6 Å². The number of nitrogens with zero attached hydrogens (tertiary/aromatic N) is 5. The first kappa shape index (κ1) is 19.2. The number of ether oxygens (including phenoxy) is 1. The quantitative estimate of drug-likeness (QED) is 0.593. The molecule has 0 unspecified atom stereocenters. The molecule has 0 spiro atoms. The molecule has 0 bridgehead atoms. The molecule has 3 heterocycles. The van der Waals surface area contributed by atoms with Gasteiger partial charge < -0.3 is 25.3 Å². The zero-order valence-electron chi connectivity index (χ0n) is 15.7. The topological polar surface area (TPSA) is 141 Å². The van der Waals surface area contributed by atoms with Crippen molar-refractivity contribution in [1.29, 1.82) is 5.26 Å². The minimum absolute atomic E-state index is 0.155. The number of carbonyl (C=O) groups is 2. The highest BCUT2D eigenvalue weighted by Crippen LogP contribution is 2.21. The van der Waals surface area contributed by atoms with Crippen LogP contribution in [-0.2, 0) is 9.53 Å². The summed E-state index contributed by atoms with van der Waals surface area (Å²) in [6.07, 6.45) is 4.18. The van der Waals surface area contributed by atoms with E-state index in [0.717, 1.165) is 0 Å². The van der Waals surface area contributed by atoms with Gasteiger partial charge in [-0.15, -0.1) is 0 Å². The number of nitriles is 1. The van der Waals surface area contributed by atoms with Crippen LogP contribution in [0.4, 0.5) is 10.6 Å². The standard InChI is InChI=1S/C18H21N7O3/c1-11(2)28-18(27)25-5-3-24(4-6-25)14-10-22-17-15(23-14)13(9-21-17)7-12(8-19)16(20)26/h7,9-11H,3-6H2,1-2H3,(H2,20,26)(H,21,22)/b12-7-. The Hall–Kier alpha value is -3.61. The Morgan fingerprint density at radius 2 is 2.07 bits per heavy atom. The summed E-state index contributed by atoms with van der Waals surface area (Å²) in [7, 11) is 0. The molecule has 0 aliphatic carbocycles. The van der Waals surface area contributed by atoms with Crippen LogP contribution in [0.3, 0.4) is 0 Å². The first-order valence-electron chi connectivity index (χ1n) is 8.85. The molecule has 1 aliphatic rings. The lowest BCUT2D eigenvalue weighted by molar-refractivity contribution is -0.114. The van der Waals surface area contributed by atoms with Crippen molar-refractivity contribution in [2.45, 2.75) is 20.0 Å². The summed E-state index contributed by atoms with van der Waals surface area (Å²) in [5.41, 5.74) is 6.66. The monoisotopic (exact) mass is 383 g/mol. The number of hydrogen-bond donors (Lipinski definition) is 2. The van der Waals surface area contributed by atoms with Crippen molar-refractivity contribution in [1.82, 2.24) is 19.9 Å². The summed E-state index contributed by atoms with van der Waals surface area (Å²) in [4.78, 5) is 38.9. The van der Waals surface area contributed by atoms with Gasteiger partial charge in [0.15, 0.2) is 5.65 Å². The molecule has 146 valence electrons. The van der Waals surface area contributed by atoms with Gasteiger partial charge in [0.05, 0.1) is 12.3 Å². The highest BCUT2D eigenvalue weighted by Gasteiger charge is 2.24. The van der Waals surface area contributed by atoms with Gasteiger partial charge in [-0.25, -0.2) is 14.8 Å². The number of aromatic nitrogens is 3. The first-order chi connectivity index (χ1) is 13.4. The summed E-state index contributed by atoms with van der Waals surface area (Å²) in [6.45, 7) is 5.86. The molecule has 10 nitrogen and oxygen atoms in total. The van der Waals surface area contributed by atoms with Crippen molar-refractivity contribution in [2.24, 2.45) is 5.73 Å². The van der Waals surface area contributed by atoms with E-state index in [1.54, 1.807) is 23.4 Å². The lowest BCUT2D eigenvalue weighted by Crippen LogP contribution is -2.49. The van der Waals surface area contributed by atoms with E-state index in [9.17, 15) is 9.59 Å². The molecule has 1 fully saturated rings. The molecule has 1 saturated heterocycles. The molecule has 0 aromatic carbocycles. The largest absolute Gasteiger partial charge is 0.447 e. The van der Waals surface area contributed by atoms with Crippen molar-refractivity contribution in [3.63, 3.8) is 0 Å². The molecule has 2 aromatic heterocycles. The molecule has 0 atom stereocenters. The molecular weight excluding hydrogens is 362 g/mol. The fourth-order valence-corrected chi connectivity index (χ4v) is 2.87. The number of fused-ring (bicyclic) bond motifs is 1. The lowest BCUT2D eigenvalue weighted by Gasteiger charge is -2.34. The Balaban J connectivity index is 1.78. The minimum Gasteiger partial charge on any atom is -0.447 e. The SMILES string of the molecule is CC(C)OC(=O)N1CCN(c2cnc3[nH]cc(/C=C(/C#N)C(N)=O)c3n2)CC1. The van der Waals surface area contributed by atoms with E-state index in [1.807, 2.05) is 18.7 Å². The number of amides is 2. The zero-order chi connectivity index (χ0) is 20.3. The third kappa shape index (κ3) is 4.03. The van der Waals surface area contributed by atoms with Gasteiger partial charge in [-0.2, -0.15) is 5.26 Å². The summed E-state index contributed by atoms with van der Waals surface area (Å²) in [5.74, 6) is -0.151. The van der Waals surface area contributed by atoms with E-state index >= 15 is 0 Å². The van der Waals surface area contributed by atoms with E-state index in [0.29, 0.717) is 48.7 Å². The predicted octanol–water partition coefficient (Wildman–Crippen LogP) is 1.02. The second kappa shape index (κ2) is 7.96. The molecule has 28 heavy (non-hydrogen) atoms. The van der Waals surface area contributed by atoms with Gasteiger partial charge in [0, 0.05) is 37.9 Å². The van der Waals surface area contributed by atoms with Crippen LogP contribution in [0.5, 0.6) is 0 Å². The number of rotatable bonds is 4. The average molecular weight is 383 g/mol. The van der Waals surface area contributed by atoms with Crippen molar-refractivity contribution < 1.29 is 14.3 Å². The van der Waals surface area contributed by atoms with Crippen molar-refractivity contribution in [3.05, 3.63) is 23.5 Å². The molecule has 2 amide bonds. The van der Waals surface area contributed by atoms with Gasteiger partial charge in [-0.05, 0) is 19.9 Å². The van der Waals surface area contributed by atoms with Gasteiger partial charge >= 0.3 is 6.09 Å². The number of anilines is 1. The summed E-state index contributed by atoms with van der Waals surface area (Å²) < 4.78 is 5.23. The van der Waals surface area contributed by atoms with Crippen LogP contribution in [-0.4, -0.2) is 64.1 Å². The third-order valence-corrected chi connectivity index (χ3v) is 4.28. The fraction of sp³-hybridized carbons (Fsp3) is 0.389. The van der Waals surface area contributed by atoms with Crippen LogP contribution in [0.25, 0.3) is 17.2 Å².